The molecule has 1 N–H and O–H groups in total. The number of hydrogen-bond acceptors (Lipinski definition) is 6. The highest BCUT2D eigenvalue weighted by Crippen LogP contribution is 2.27. The van der Waals surface area contributed by atoms with Crippen molar-refractivity contribution in [1.82, 2.24) is 14.7 Å². The number of nitrogens with one attached hydrogen (secondary N) is 1. The average molecular weight is 397 g/mol. The van der Waals surface area contributed by atoms with Crippen molar-refractivity contribution in [3.05, 3.63) is 40.7 Å². The average Bonchev–Trinajstić information content (AvgIpc) is 3.14. The number of hydrogen-bond donors (Lipinski definition) is 1. The Balaban J connectivity index is 1.81. The maximum Gasteiger partial charge on any atom is 0.244 e. The molecule has 0 unspecified atom stereocenters. The van der Waals surface area contributed by atoms with Crippen molar-refractivity contribution < 1.29 is 13.2 Å². The van der Waals surface area contributed by atoms with Crippen molar-refractivity contribution in [2.45, 2.75) is 31.2 Å². The van der Waals surface area contributed by atoms with Crippen LogP contribution >= 0.6 is 11.6 Å². The van der Waals surface area contributed by atoms with Gasteiger partial charge in [-0.3, -0.25) is 0 Å². The van der Waals surface area contributed by atoms with Crippen molar-refractivity contribution in [1.29, 1.82) is 0 Å². The van der Waals surface area contributed by atoms with Crippen molar-refractivity contribution in [2.24, 2.45) is 0 Å². The molecule has 0 bridgehead atoms. The lowest BCUT2D eigenvalue weighted by Gasteiger charge is -2.17. The molecule has 9 heteroatoms. The van der Waals surface area contributed by atoms with Crippen LogP contribution in [0.2, 0.25) is 5.02 Å². The first-order valence-electron chi connectivity index (χ1n) is 8.32. The topological polar surface area (TPSA) is 84.4 Å². The Morgan fingerprint density at radius 2 is 1.96 bits per heavy atom. The second-order valence-corrected chi connectivity index (χ2v) is 8.29. The summed E-state index contributed by atoms with van der Waals surface area (Å²) in [5.41, 5.74) is 1.42. The third-order valence-corrected chi connectivity index (χ3v) is 5.80. The molecule has 1 aliphatic rings. The molecule has 0 spiro atoms. The Hall–Kier alpha value is -1.90. The molecule has 1 aliphatic heterocycles. The lowest BCUT2D eigenvalue weighted by atomic mass is 10.3. The van der Waals surface area contributed by atoms with Crippen molar-refractivity contribution in [3.8, 4) is 5.75 Å². The zero-order valence-electron chi connectivity index (χ0n) is 14.7. The summed E-state index contributed by atoms with van der Waals surface area (Å²) in [4.78, 5) is 11.1. The van der Waals surface area contributed by atoms with Gasteiger partial charge < -0.3 is 9.64 Å². The van der Waals surface area contributed by atoms with E-state index in [0.717, 1.165) is 31.6 Å². The molecule has 1 aromatic carbocycles. The number of nitrogens with zero attached hydrogens (tertiary/aromatic N) is 3. The fourth-order valence-electron chi connectivity index (χ4n) is 2.87. The number of aromatic nitrogens is 2. The summed E-state index contributed by atoms with van der Waals surface area (Å²) >= 11 is 5.94. The second kappa shape index (κ2) is 7.77. The van der Waals surface area contributed by atoms with E-state index in [1.165, 1.54) is 19.2 Å². The fraction of sp³-hybridized carbons (Fsp3) is 0.412. The minimum atomic E-state index is -3.80. The van der Waals surface area contributed by atoms with E-state index in [4.69, 9.17) is 16.3 Å². The second-order valence-electron chi connectivity index (χ2n) is 6.11. The van der Waals surface area contributed by atoms with Crippen LogP contribution in [0.3, 0.4) is 0 Å². The van der Waals surface area contributed by atoms with Gasteiger partial charge in [0.05, 0.1) is 19.3 Å². The molecule has 0 saturated carbocycles. The van der Waals surface area contributed by atoms with Gasteiger partial charge in [0.1, 0.15) is 10.6 Å². The van der Waals surface area contributed by atoms with Gasteiger partial charge in [-0.2, -0.15) is 0 Å². The van der Waals surface area contributed by atoms with E-state index in [9.17, 15) is 8.42 Å². The highest BCUT2D eigenvalue weighted by atomic mass is 35.5. The standard InChI is InChI=1S/C17H21ClN4O3S/c1-12-9-14(21-17(20-12)22-7-3-4-8-22)11-19-26(23,24)16-10-13(18)5-6-15(16)25-2/h5-6,9-10,19H,3-4,7-8,11H2,1-2H3. The van der Waals surface area contributed by atoms with Crippen molar-refractivity contribution >= 4 is 27.6 Å². The summed E-state index contributed by atoms with van der Waals surface area (Å²) in [5.74, 6) is 0.885. The smallest absolute Gasteiger partial charge is 0.244 e. The number of methoxy groups -OCH3 is 1. The maximum atomic E-state index is 12.7. The third kappa shape index (κ3) is 4.25. The van der Waals surface area contributed by atoms with Gasteiger partial charge in [-0.05, 0) is 44.0 Å². The van der Waals surface area contributed by atoms with Crippen LogP contribution in [-0.4, -0.2) is 38.6 Å². The van der Waals surface area contributed by atoms with E-state index in [1.807, 2.05) is 6.92 Å². The minimum absolute atomic E-state index is 0.00181. The largest absolute Gasteiger partial charge is 0.495 e. The van der Waals surface area contributed by atoms with Gasteiger partial charge in [0.2, 0.25) is 16.0 Å². The lowest BCUT2D eigenvalue weighted by Crippen LogP contribution is -2.26. The highest BCUT2D eigenvalue weighted by Gasteiger charge is 2.21. The number of halogens is 1. The number of benzene rings is 1. The molecule has 0 atom stereocenters. The first-order valence-corrected chi connectivity index (χ1v) is 10.2. The van der Waals surface area contributed by atoms with Crippen LogP contribution < -0.4 is 14.4 Å². The Kier molecular flexibility index (Phi) is 5.64. The molecule has 7 nitrogen and oxygen atoms in total. The molecule has 140 valence electrons. The SMILES string of the molecule is COc1ccc(Cl)cc1S(=O)(=O)NCc1cc(C)nc(N2CCCC2)n1. The molecule has 0 radical (unpaired) electrons. The van der Waals surface area contributed by atoms with E-state index >= 15 is 0 Å². The molecule has 2 heterocycles. The predicted molar refractivity (Wildman–Crippen MR) is 100 cm³/mol. The third-order valence-electron chi connectivity index (χ3n) is 4.14. The first-order chi connectivity index (χ1) is 12.4. The summed E-state index contributed by atoms with van der Waals surface area (Å²) in [5, 5.41) is 0.320. The summed E-state index contributed by atoms with van der Waals surface area (Å²) in [6.07, 6.45) is 2.24. The molecule has 1 fully saturated rings. The summed E-state index contributed by atoms with van der Waals surface area (Å²) in [7, 11) is -2.39. The fourth-order valence-corrected chi connectivity index (χ4v) is 4.30. The summed E-state index contributed by atoms with van der Waals surface area (Å²) < 4.78 is 33.0. The van der Waals surface area contributed by atoms with Crippen LogP contribution in [0.5, 0.6) is 5.75 Å². The van der Waals surface area contributed by atoms with Crippen molar-refractivity contribution in [2.75, 3.05) is 25.1 Å². The monoisotopic (exact) mass is 396 g/mol. The number of ether oxygens (including phenoxy) is 1. The van der Waals surface area contributed by atoms with E-state index in [0.29, 0.717) is 16.7 Å². The quantitative estimate of drug-likeness (QED) is 0.807. The lowest BCUT2D eigenvalue weighted by molar-refractivity contribution is 0.402. The van der Waals surface area contributed by atoms with E-state index in [2.05, 4.69) is 19.6 Å². The predicted octanol–water partition coefficient (Wildman–Crippen LogP) is 2.53. The molecule has 3 rings (SSSR count). The molecular weight excluding hydrogens is 376 g/mol. The Morgan fingerprint density at radius 3 is 2.65 bits per heavy atom. The van der Waals surface area contributed by atoms with Gasteiger partial charge in [0, 0.05) is 23.8 Å². The van der Waals surface area contributed by atoms with Crippen LogP contribution in [0.25, 0.3) is 0 Å². The molecular formula is C17H21ClN4O3S. The van der Waals surface area contributed by atoms with E-state index < -0.39 is 10.0 Å². The van der Waals surface area contributed by atoms with Gasteiger partial charge in [-0.15, -0.1) is 0 Å². The van der Waals surface area contributed by atoms with E-state index in [-0.39, 0.29) is 17.2 Å². The van der Waals surface area contributed by atoms with Gasteiger partial charge in [-0.1, -0.05) is 11.6 Å². The molecule has 0 amide bonds. The van der Waals surface area contributed by atoms with Crippen LogP contribution in [0.4, 0.5) is 5.95 Å². The van der Waals surface area contributed by atoms with Crippen LogP contribution in [-0.2, 0) is 16.6 Å². The normalized spacial score (nSPS) is 14.7. The van der Waals surface area contributed by atoms with Crippen molar-refractivity contribution in [3.63, 3.8) is 0 Å². The van der Waals surface area contributed by atoms with Crippen LogP contribution in [0, 0.1) is 6.92 Å². The summed E-state index contributed by atoms with van der Waals surface area (Å²) in [6.45, 7) is 3.78. The first kappa shape index (κ1) is 18.9. The highest BCUT2D eigenvalue weighted by molar-refractivity contribution is 7.89. The number of aryl methyl sites for hydroxylation is 1. The van der Waals surface area contributed by atoms with E-state index in [1.54, 1.807) is 12.1 Å². The van der Waals surface area contributed by atoms with Gasteiger partial charge in [-0.25, -0.2) is 23.1 Å². The Labute approximate surface area is 158 Å². The van der Waals surface area contributed by atoms with Crippen LogP contribution in [0.15, 0.2) is 29.2 Å². The number of rotatable bonds is 6. The van der Waals surface area contributed by atoms with Crippen LogP contribution in [0.1, 0.15) is 24.2 Å². The molecule has 0 aliphatic carbocycles. The molecule has 1 saturated heterocycles. The van der Waals surface area contributed by atoms with Gasteiger partial charge >= 0.3 is 0 Å². The molecule has 1 aromatic heterocycles. The molecule has 2 aromatic rings. The van der Waals surface area contributed by atoms with Gasteiger partial charge in [0.25, 0.3) is 0 Å². The Bertz CT molecular complexity index is 899. The number of sulfonamides is 1. The zero-order valence-corrected chi connectivity index (χ0v) is 16.3. The molecule has 26 heavy (non-hydrogen) atoms. The summed E-state index contributed by atoms with van der Waals surface area (Å²) in [6, 6.07) is 6.24. The Morgan fingerprint density at radius 1 is 1.23 bits per heavy atom. The minimum Gasteiger partial charge on any atom is -0.495 e. The zero-order chi connectivity index (χ0) is 18.7. The van der Waals surface area contributed by atoms with Gasteiger partial charge in [0.15, 0.2) is 0 Å². The number of anilines is 1. The maximum absolute atomic E-state index is 12.7.